The number of benzene rings is 1. The molecular weight excluding hydrogens is 264 g/mol. The van der Waals surface area contributed by atoms with Gasteiger partial charge in [-0.15, -0.1) is 0 Å². The van der Waals surface area contributed by atoms with Crippen LogP contribution in [0.4, 0.5) is 0 Å². The second-order valence-electron chi connectivity index (χ2n) is 5.92. The van der Waals surface area contributed by atoms with Crippen LogP contribution in [0.1, 0.15) is 32.4 Å². The van der Waals surface area contributed by atoms with Crippen LogP contribution < -0.4 is 10.5 Å². The molecule has 4 nitrogen and oxygen atoms in total. The zero-order valence-corrected chi connectivity index (χ0v) is 14.0. The summed E-state index contributed by atoms with van der Waals surface area (Å²) in [6.45, 7) is 9.30. The molecule has 1 aromatic carbocycles. The average Bonchev–Trinajstić information content (AvgIpc) is 2.49. The number of methoxy groups -OCH3 is 2. The highest BCUT2D eigenvalue weighted by Crippen LogP contribution is 2.22. The topological polar surface area (TPSA) is 47.7 Å². The molecule has 0 radical (unpaired) electrons. The van der Waals surface area contributed by atoms with Crippen molar-refractivity contribution < 1.29 is 9.47 Å². The molecular formula is C17H30N2O2. The molecule has 120 valence electrons. The van der Waals surface area contributed by atoms with Crippen LogP contribution in [0.2, 0.25) is 0 Å². The molecule has 0 aliphatic rings. The third-order valence-electron chi connectivity index (χ3n) is 3.78. The highest BCUT2D eigenvalue weighted by atomic mass is 16.5. The van der Waals surface area contributed by atoms with Crippen molar-refractivity contribution in [2.75, 3.05) is 33.9 Å². The monoisotopic (exact) mass is 294 g/mol. The van der Waals surface area contributed by atoms with Crippen molar-refractivity contribution in [3.8, 4) is 5.75 Å². The lowest BCUT2D eigenvalue weighted by molar-refractivity contribution is 0.105. The Balaban J connectivity index is 2.76. The fourth-order valence-electron chi connectivity index (χ4n) is 2.47. The van der Waals surface area contributed by atoms with Crippen molar-refractivity contribution in [1.82, 2.24) is 4.90 Å². The molecule has 0 amide bonds. The van der Waals surface area contributed by atoms with E-state index < -0.39 is 0 Å². The maximum absolute atomic E-state index is 6.46. The molecule has 0 aliphatic carbocycles. The van der Waals surface area contributed by atoms with Gasteiger partial charge < -0.3 is 15.2 Å². The molecule has 2 unspecified atom stereocenters. The second kappa shape index (κ2) is 9.03. The van der Waals surface area contributed by atoms with E-state index >= 15 is 0 Å². The van der Waals surface area contributed by atoms with Gasteiger partial charge in [-0.05, 0) is 30.5 Å². The lowest BCUT2D eigenvalue weighted by Gasteiger charge is -2.34. The first-order chi connectivity index (χ1) is 9.99. The summed E-state index contributed by atoms with van der Waals surface area (Å²) >= 11 is 0. The largest absolute Gasteiger partial charge is 0.497 e. The van der Waals surface area contributed by atoms with Gasteiger partial charge in [0.05, 0.1) is 13.7 Å². The normalized spacial score (nSPS) is 14.5. The standard InChI is InChI=1S/C17H30N2O2/c1-13(2)12-19(10-11-20-4)14(3)17(18)15-6-8-16(21-5)9-7-15/h6-9,13-14,17H,10-12,18H2,1-5H3. The molecule has 0 aromatic heterocycles. The third-order valence-corrected chi connectivity index (χ3v) is 3.78. The first-order valence-electron chi connectivity index (χ1n) is 7.62. The summed E-state index contributed by atoms with van der Waals surface area (Å²) in [6.07, 6.45) is 0. The third kappa shape index (κ3) is 5.65. The van der Waals surface area contributed by atoms with E-state index in [1.165, 1.54) is 0 Å². The van der Waals surface area contributed by atoms with Gasteiger partial charge in [-0.2, -0.15) is 0 Å². The van der Waals surface area contributed by atoms with Gasteiger partial charge in [-0.25, -0.2) is 0 Å². The number of hydrogen-bond donors (Lipinski definition) is 1. The molecule has 21 heavy (non-hydrogen) atoms. The van der Waals surface area contributed by atoms with Crippen molar-refractivity contribution in [3.63, 3.8) is 0 Å². The molecule has 0 saturated heterocycles. The van der Waals surface area contributed by atoms with Crippen molar-refractivity contribution in [1.29, 1.82) is 0 Å². The summed E-state index contributed by atoms with van der Waals surface area (Å²) in [4.78, 5) is 2.41. The maximum atomic E-state index is 6.46. The molecule has 4 heteroatoms. The lowest BCUT2D eigenvalue weighted by Crippen LogP contribution is -2.44. The SMILES string of the molecule is COCCN(CC(C)C)C(C)C(N)c1ccc(OC)cc1. The van der Waals surface area contributed by atoms with Crippen molar-refractivity contribution >= 4 is 0 Å². The van der Waals surface area contributed by atoms with Crippen LogP contribution in [0.15, 0.2) is 24.3 Å². The summed E-state index contributed by atoms with van der Waals surface area (Å²) in [5.41, 5.74) is 7.59. The minimum atomic E-state index is -0.0217. The van der Waals surface area contributed by atoms with E-state index in [-0.39, 0.29) is 12.1 Å². The van der Waals surface area contributed by atoms with Gasteiger partial charge in [0.15, 0.2) is 0 Å². The van der Waals surface area contributed by atoms with E-state index in [1.54, 1.807) is 14.2 Å². The fraction of sp³-hybridized carbons (Fsp3) is 0.647. The van der Waals surface area contributed by atoms with Gasteiger partial charge in [-0.3, -0.25) is 4.90 Å². The van der Waals surface area contributed by atoms with Crippen LogP contribution in [0, 0.1) is 5.92 Å². The first-order valence-corrected chi connectivity index (χ1v) is 7.62. The van der Waals surface area contributed by atoms with E-state index in [0.29, 0.717) is 5.92 Å². The van der Waals surface area contributed by atoms with E-state index in [1.807, 2.05) is 24.3 Å². The smallest absolute Gasteiger partial charge is 0.118 e. The molecule has 0 spiro atoms. The number of nitrogens with two attached hydrogens (primary N) is 1. The summed E-state index contributed by atoms with van der Waals surface area (Å²) < 4.78 is 10.4. The van der Waals surface area contributed by atoms with E-state index in [4.69, 9.17) is 15.2 Å². The Morgan fingerprint density at radius 1 is 1.10 bits per heavy atom. The Hall–Kier alpha value is -1.10. The van der Waals surface area contributed by atoms with Crippen molar-refractivity contribution in [3.05, 3.63) is 29.8 Å². The highest BCUT2D eigenvalue weighted by Gasteiger charge is 2.22. The number of nitrogens with zero attached hydrogens (tertiary/aromatic N) is 1. The summed E-state index contributed by atoms with van der Waals surface area (Å²) in [5.74, 6) is 1.46. The predicted octanol–water partition coefficient (Wildman–Crippen LogP) is 2.69. The molecule has 0 heterocycles. The molecule has 0 saturated carbocycles. The zero-order chi connectivity index (χ0) is 15.8. The van der Waals surface area contributed by atoms with Crippen LogP contribution in [0.25, 0.3) is 0 Å². The maximum Gasteiger partial charge on any atom is 0.118 e. The Kier molecular flexibility index (Phi) is 7.72. The highest BCUT2D eigenvalue weighted by molar-refractivity contribution is 5.29. The Bertz CT molecular complexity index is 392. The average molecular weight is 294 g/mol. The predicted molar refractivity (Wildman–Crippen MR) is 87.7 cm³/mol. The molecule has 2 N–H and O–H groups in total. The zero-order valence-electron chi connectivity index (χ0n) is 14.0. The number of hydrogen-bond acceptors (Lipinski definition) is 4. The molecule has 0 fully saturated rings. The van der Waals surface area contributed by atoms with Crippen LogP contribution in [0.5, 0.6) is 5.75 Å². The van der Waals surface area contributed by atoms with Gasteiger partial charge >= 0.3 is 0 Å². The summed E-state index contributed by atoms with van der Waals surface area (Å²) in [6, 6.07) is 8.25. The number of ether oxygens (including phenoxy) is 2. The quantitative estimate of drug-likeness (QED) is 0.760. The second-order valence-corrected chi connectivity index (χ2v) is 5.92. The Morgan fingerprint density at radius 2 is 1.71 bits per heavy atom. The number of rotatable bonds is 9. The van der Waals surface area contributed by atoms with Crippen LogP contribution in [0.3, 0.4) is 0 Å². The van der Waals surface area contributed by atoms with Crippen LogP contribution >= 0.6 is 0 Å². The molecule has 2 atom stereocenters. The molecule has 0 aliphatic heterocycles. The van der Waals surface area contributed by atoms with Gasteiger partial charge in [0.25, 0.3) is 0 Å². The fourth-order valence-corrected chi connectivity index (χ4v) is 2.47. The Labute approximate surface area is 129 Å². The summed E-state index contributed by atoms with van der Waals surface area (Å²) in [5, 5.41) is 0. The van der Waals surface area contributed by atoms with Gasteiger partial charge in [0.1, 0.15) is 5.75 Å². The first kappa shape index (κ1) is 18.0. The Morgan fingerprint density at radius 3 is 2.19 bits per heavy atom. The van der Waals surface area contributed by atoms with Gasteiger partial charge in [-0.1, -0.05) is 26.0 Å². The van der Waals surface area contributed by atoms with Crippen molar-refractivity contribution in [2.45, 2.75) is 32.9 Å². The molecule has 1 rings (SSSR count). The van der Waals surface area contributed by atoms with E-state index in [0.717, 1.165) is 31.0 Å². The minimum absolute atomic E-state index is 0.0217. The van der Waals surface area contributed by atoms with Crippen molar-refractivity contribution in [2.24, 2.45) is 11.7 Å². The lowest BCUT2D eigenvalue weighted by atomic mass is 9.99. The van der Waals surface area contributed by atoms with Gasteiger partial charge in [0, 0.05) is 32.3 Å². The van der Waals surface area contributed by atoms with Gasteiger partial charge in [0.2, 0.25) is 0 Å². The summed E-state index contributed by atoms with van der Waals surface area (Å²) in [7, 11) is 3.41. The van der Waals surface area contributed by atoms with E-state index in [9.17, 15) is 0 Å². The minimum Gasteiger partial charge on any atom is -0.497 e. The van der Waals surface area contributed by atoms with E-state index in [2.05, 4.69) is 25.7 Å². The van der Waals surface area contributed by atoms with Crippen LogP contribution in [-0.4, -0.2) is 44.9 Å². The molecule has 1 aromatic rings. The van der Waals surface area contributed by atoms with Crippen LogP contribution in [-0.2, 0) is 4.74 Å². The molecule has 0 bridgehead atoms.